The molecule has 118 valence electrons. The Bertz CT molecular complexity index is 515. The van der Waals surface area contributed by atoms with Crippen molar-refractivity contribution in [2.75, 3.05) is 12.5 Å². The van der Waals surface area contributed by atoms with E-state index in [1.165, 1.54) is 11.0 Å². The molecule has 0 heterocycles. The van der Waals surface area contributed by atoms with E-state index < -0.39 is 17.6 Å². The second-order valence-electron chi connectivity index (χ2n) is 5.30. The Balaban J connectivity index is 3.18. The fourth-order valence-corrected chi connectivity index (χ4v) is 1.87. The predicted molar refractivity (Wildman–Crippen MR) is 75.6 cm³/mol. The normalized spacial score (nSPS) is 13.2. The zero-order valence-electron chi connectivity index (χ0n) is 12.5. The van der Waals surface area contributed by atoms with Gasteiger partial charge in [-0.15, -0.1) is 0 Å². The number of hydrogen-bond donors (Lipinski definition) is 2. The first kappa shape index (κ1) is 17.3. The number of halogens is 3. The summed E-state index contributed by atoms with van der Waals surface area (Å²) in [6, 6.07) is 3.22. The number of carbonyl (C=O) groups excluding carboxylic acids is 1. The third kappa shape index (κ3) is 3.87. The summed E-state index contributed by atoms with van der Waals surface area (Å²) >= 11 is 0. The van der Waals surface area contributed by atoms with Crippen LogP contribution in [0.5, 0.6) is 0 Å². The molecule has 0 aliphatic heterocycles. The molecular formula is C14H20F3N3O. The van der Waals surface area contributed by atoms with E-state index in [1.54, 1.807) is 7.05 Å². The van der Waals surface area contributed by atoms with Crippen LogP contribution in [0.3, 0.4) is 0 Å². The summed E-state index contributed by atoms with van der Waals surface area (Å²) in [4.78, 5) is 13.7. The summed E-state index contributed by atoms with van der Waals surface area (Å²) in [6.45, 7) is 5.73. The molecule has 1 aromatic rings. The molecule has 0 saturated heterocycles. The minimum absolute atomic E-state index is 0.0173. The standard InChI is InChI=1S/C14H20F3N3O/c1-8(2)9(3)20(4)13(21)10-5-6-12(19-18)11(7-10)14(15,16)17/h5-9,19H,18H2,1-4H3. The molecule has 1 amide bonds. The highest BCUT2D eigenvalue weighted by Crippen LogP contribution is 2.35. The van der Waals surface area contributed by atoms with Gasteiger partial charge in [-0.25, -0.2) is 0 Å². The van der Waals surface area contributed by atoms with Crippen molar-refractivity contribution in [2.24, 2.45) is 11.8 Å². The third-order valence-electron chi connectivity index (χ3n) is 3.62. The molecule has 1 rings (SSSR count). The summed E-state index contributed by atoms with van der Waals surface area (Å²) in [7, 11) is 1.58. The lowest BCUT2D eigenvalue weighted by Gasteiger charge is -2.28. The Morgan fingerprint density at radius 2 is 1.86 bits per heavy atom. The lowest BCUT2D eigenvalue weighted by Crippen LogP contribution is -2.38. The maximum absolute atomic E-state index is 12.9. The van der Waals surface area contributed by atoms with Crippen LogP contribution in [-0.4, -0.2) is 23.9 Å². The zero-order chi connectivity index (χ0) is 16.4. The van der Waals surface area contributed by atoms with Crippen LogP contribution >= 0.6 is 0 Å². The number of hydrazine groups is 1. The highest BCUT2D eigenvalue weighted by molar-refractivity contribution is 5.95. The smallest absolute Gasteiger partial charge is 0.339 e. The van der Waals surface area contributed by atoms with E-state index in [9.17, 15) is 18.0 Å². The zero-order valence-corrected chi connectivity index (χ0v) is 12.5. The number of anilines is 1. The third-order valence-corrected chi connectivity index (χ3v) is 3.62. The number of nitrogens with zero attached hydrogens (tertiary/aromatic N) is 1. The molecular weight excluding hydrogens is 283 g/mol. The lowest BCUT2D eigenvalue weighted by atomic mass is 10.0. The monoisotopic (exact) mass is 303 g/mol. The van der Waals surface area contributed by atoms with Crippen LogP contribution in [-0.2, 0) is 6.18 Å². The van der Waals surface area contributed by atoms with Gasteiger partial charge in [0.15, 0.2) is 0 Å². The molecule has 0 aliphatic rings. The maximum Gasteiger partial charge on any atom is 0.418 e. The van der Waals surface area contributed by atoms with E-state index in [-0.39, 0.29) is 23.2 Å². The molecule has 4 nitrogen and oxygen atoms in total. The Hall–Kier alpha value is -1.76. The van der Waals surface area contributed by atoms with Crippen molar-refractivity contribution in [1.82, 2.24) is 4.90 Å². The molecule has 7 heteroatoms. The van der Waals surface area contributed by atoms with Crippen molar-refractivity contribution in [2.45, 2.75) is 33.0 Å². The molecule has 1 unspecified atom stereocenters. The first-order chi connectivity index (χ1) is 9.59. The van der Waals surface area contributed by atoms with Crippen LogP contribution < -0.4 is 11.3 Å². The maximum atomic E-state index is 12.9. The van der Waals surface area contributed by atoms with E-state index in [2.05, 4.69) is 0 Å². The molecule has 1 atom stereocenters. The van der Waals surface area contributed by atoms with Gasteiger partial charge in [0, 0.05) is 18.7 Å². The van der Waals surface area contributed by atoms with Crippen LogP contribution in [0.25, 0.3) is 0 Å². The number of nitrogens with one attached hydrogen (secondary N) is 1. The fourth-order valence-electron chi connectivity index (χ4n) is 1.87. The Morgan fingerprint density at radius 3 is 2.29 bits per heavy atom. The van der Waals surface area contributed by atoms with Crippen LogP contribution in [0, 0.1) is 5.92 Å². The summed E-state index contributed by atoms with van der Waals surface area (Å²) < 4.78 is 38.8. The van der Waals surface area contributed by atoms with Gasteiger partial charge >= 0.3 is 6.18 Å². The highest BCUT2D eigenvalue weighted by atomic mass is 19.4. The van der Waals surface area contributed by atoms with E-state index in [0.29, 0.717) is 0 Å². The largest absolute Gasteiger partial charge is 0.418 e. The Kier molecular flexibility index (Phi) is 5.22. The number of alkyl halides is 3. The molecule has 1 aromatic carbocycles. The van der Waals surface area contributed by atoms with E-state index >= 15 is 0 Å². The molecule has 0 aromatic heterocycles. The number of nitrogen functional groups attached to an aromatic ring is 1. The van der Waals surface area contributed by atoms with Gasteiger partial charge in [-0.05, 0) is 31.0 Å². The van der Waals surface area contributed by atoms with Crippen LogP contribution in [0.1, 0.15) is 36.7 Å². The van der Waals surface area contributed by atoms with Gasteiger partial charge in [-0.3, -0.25) is 10.6 Å². The minimum Gasteiger partial charge on any atom is -0.339 e. The SMILES string of the molecule is CC(C)C(C)N(C)C(=O)c1ccc(NN)c(C(F)(F)F)c1. The average molecular weight is 303 g/mol. The number of hydrogen-bond acceptors (Lipinski definition) is 3. The Labute approximate surface area is 122 Å². The van der Waals surface area contributed by atoms with Crippen LogP contribution in [0.4, 0.5) is 18.9 Å². The summed E-state index contributed by atoms with van der Waals surface area (Å²) in [5.41, 5.74) is 0.754. The van der Waals surface area contributed by atoms with E-state index in [4.69, 9.17) is 5.84 Å². The summed E-state index contributed by atoms with van der Waals surface area (Å²) in [5.74, 6) is 4.82. The molecule has 0 bridgehead atoms. The second-order valence-corrected chi connectivity index (χ2v) is 5.30. The lowest BCUT2D eigenvalue weighted by molar-refractivity contribution is -0.137. The van der Waals surface area contributed by atoms with Crippen molar-refractivity contribution in [3.05, 3.63) is 29.3 Å². The summed E-state index contributed by atoms with van der Waals surface area (Å²) in [6.07, 6.45) is -4.58. The van der Waals surface area contributed by atoms with Gasteiger partial charge in [0.05, 0.1) is 11.3 Å². The number of nitrogens with two attached hydrogens (primary N) is 1. The molecule has 0 radical (unpaired) electrons. The number of rotatable bonds is 4. The predicted octanol–water partition coefficient (Wildman–Crippen LogP) is 3.11. The number of carbonyl (C=O) groups is 1. The van der Waals surface area contributed by atoms with Crippen molar-refractivity contribution in [1.29, 1.82) is 0 Å². The minimum atomic E-state index is -4.58. The van der Waals surface area contributed by atoms with Gasteiger partial charge < -0.3 is 10.3 Å². The van der Waals surface area contributed by atoms with Crippen molar-refractivity contribution in [3.8, 4) is 0 Å². The Morgan fingerprint density at radius 1 is 1.29 bits per heavy atom. The van der Waals surface area contributed by atoms with Crippen molar-refractivity contribution >= 4 is 11.6 Å². The first-order valence-corrected chi connectivity index (χ1v) is 6.54. The topological polar surface area (TPSA) is 58.4 Å². The molecule has 0 saturated carbocycles. The van der Waals surface area contributed by atoms with Crippen molar-refractivity contribution < 1.29 is 18.0 Å². The van der Waals surface area contributed by atoms with Gasteiger partial charge in [0.25, 0.3) is 5.91 Å². The molecule has 0 aliphatic carbocycles. The van der Waals surface area contributed by atoms with Gasteiger partial charge in [-0.1, -0.05) is 13.8 Å². The van der Waals surface area contributed by atoms with Crippen LogP contribution in [0.15, 0.2) is 18.2 Å². The fraction of sp³-hybridized carbons (Fsp3) is 0.500. The highest BCUT2D eigenvalue weighted by Gasteiger charge is 2.34. The number of benzene rings is 1. The van der Waals surface area contributed by atoms with Gasteiger partial charge in [0.2, 0.25) is 0 Å². The second kappa shape index (κ2) is 6.34. The van der Waals surface area contributed by atoms with Gasteiger partial charge in [0.1, 0.15) is 0 Å². The first-order valence-electron chi connectivity index (χ1n) is 6.54. The molecule has 21 heavy (non-hydrogen) atoms. The summed E-state index contributed by atoms with van der Waals surface area (Å²) in [5, 5.41) is 0. The number of amides is 1. The van der Waals surface area contributed by atoms with Gasteiger partial charge in [-0.2, -0.15) is 13.2 Å². The van der Waals surface area contributed by atoms with Crippen molar-refractivity contribution in [3.63, 3.8) is 0 Å². The van der Waals surface area contributed by atoms with E-state index in [0.717, 1.165) is 12.1 Å². The molecule has 3 N–H and O–H groups in total. The molecule has 0 spiro atoms. The van der Waals surface area contributed by atoms with E-state index in [1.807, 2.05) is 26.2 Å². The van der Waals surface area contributed by atoms with Crippen LogP contribution in [0.2, 0.25) is 0 Å². The molecule has 0 fully saturated rings. The quantitative estimate of drug-likeness (QED) is 0.664. The average Bonchev–Trinajstić information content (AvgIpc) is 2.43.